The summed E-state index contributed by atoms with van der Waals surface area (Å²) < 4.78 is 0. The molecule has 1 heterocycles. The van der Waals surface area contributed by atoms with Gasteiger partial charge in [-0.3, -0.25) is 4.79 Å². The Hall–Kier alpha value is -1.68. The molecule has 17 heavy (non-hydrogen) atoms. The minimum atomic E-state index is 0.0856. The highest BCUT2D eigenvalue weighted by atomic mass is 32.1. The highest BCUT2D eigenvalue weighted by Crippen LogP contribution is 2.16. The van der Waals surface area contributed by atoms with Crippen LogP contribution in [-0.2, 0) is 6.42 Å². The summed E-state index contributed by atoms with van der Waals surface area (Å²) in [5.74, 6) is 0.0856. The first kappa shape index (κ1) is 11.8. The van der Waals surface area contributed by atoms with Gasteiger partial charge >= 0.3 is 0 Å². The largest absolute Gasteiger partial charge is 0.399 e. The molecule has 2 aromatic rings. The van der Waals surface area contributed by atoms with Gasteiger partial charge in [0.25, 0.3) is 0 Å². The molecule has 88 valence electrons. The van der Waals surface area contributed by atoms with Crippen molar-refractivity contribution in [1.82, 2.24) is 4.98 Å². The third-order valence-corrected chi connectivity index (χ3v) is 3.54. The number of nitrogens with zero attached hydrogens (tertiary/aromatic N) is 1. The van der Waals surface area contributed by atoms with Crippen LogP contribution < -0.4 is 5.73 Å². The van der Waals surface area contributed by atoms with Crippen molar-refractivity contribution in [3.63, 3.8) is 0 Å². The second-order valence-corrected chi connectivity index (χ2v) is 5.00. The summed E-state index contributed by atoms with van der Waals surface area (Å²) >= 11 is 1.52. The predicted molar refractivity (Wildman–Crippen MR) is 70.5 cm³/mol. The molecule has 1 aromatic carbocycles. The van der Waals surface area contributed by atoms with Gasteiger partial charge in [0.1, 0.15) is 5.01 Å². The Labute approximate surface area is 104 Å². The van der Waals surface area contributed by atoms with Gasteiger partial charge in [0, 0.05) is 22.3 Å². The molecule has 0 saturated heterocycles. The van der Waals surface area contributed by atoms with Crippen molar-refractivity contribution in [3.8, 4) is 0 Å². The quantitative estimate of drug-likeness (QED) is 0.669. The zero-order valence-electron chi connectivity index (χ0n) is 9.86. The van der Waals surface area contributed by atoms with Crippen molar-refractivity contribution >= 4 is 22.8 Å². The first-order valence-corrected chi connectivity index (χ1v) is 6.24. The lowest BCUT2D eigenvalue weighted by molar-refractivity contribution is 0.0993. The van der Waals surface area contributed by atoms with E-state index < -0.39 is 0 Å². The molecule has 0 radical (unpaired) electrons. The summed E-state index contributed by atoms with van der Waals surface area (Å²) in [5.41, 5.74) is 9.04. The van der Waals surface area contributed by atoms with Crippen LogP contribution in [-0.4, -0.2) is 10.8 Å². The molecule has 0 amide bonds. The SMILES string of the molecule is Cc1csc(CC(=O)c2ccc(N)c(C)c2)n1. The number of carbonyl (C=O) groups is 1. The number of nitrogen functional groups attached to an aromatic ring is 1. The highest BCUT2D eigenvalue weighted by Gasteiger charge is 2.10. The number of thiazole rings is 1. The van der Waals surface area contributed by atoms with Crippen molar-refractivity contribution in [2.24, 2.45) is 0 Å². The van der Waals surface area contributed by atoms with Crippen molar-refractivity contribution in [2.45, 2.75) is 20.3 Å². The molecule has 0 aliphatic carbocycles. The molecule has 1 aromatic heterocycles. The Bertz CT molecular complexity index is 560. The molecular weight excluding hydrogens is 232 g/mol. The predicted octanol–water partition coefficient (Wildman–Crippen LogP) is 2.77. The lowest BCUT2D eigenvalue weighted by Crippen LogP contribution is -2.04. The summed E-state index contributed by atoms with van der Waals surface area (Å²) in [6.07, 6.45) is 0.363. The van der Waals surface area contributed by atoms with Crippen molar-refractivity contribution < 1.29 is 4.79 Å². The number of hydrogen-bond acceptors (Lipinski definition) is 4. The van der Waals surface area contributed by atoms with Crippen molar-refractivity contribution in [2.75, 3.05) is 5.73 Å². The van der Waals surface area contributed by atoms with E-state index in [0.29, 0.717) is 17.7 Å². The molecule has 0 atom stereocenters. The molecule has 4 heteroatoms. The van der Waals surface area contributed by atoms with Gasteiger partial charge in [-0.25, -0.2) is 4.98 Å². The van der Waals surface area contributed by atoms with Crippen LogP contribution in [0.5, 0.6) is 0 Å². The van der Waals surface area contributed by atoms with Gasteiger partial charge in [-0.2, -0.15) is 0 Å². The van der Waals surface area contributed by atoms with Gasteiger partial charge in [-0.1, -0.05) is 0 Å². The third kappa shape index (κ3) is 2.71. The Kier molecular flexibility index (Phi) is 3.24. The van der Waals surface area contributed by atoms with E-state index in [2.05, 4.69) is 4.98 Å². The average molecular weight is 246 g/mol. The maximum Gasteiger partial charge on any atom is 0.169 e. The number of Topliss-reactive ketones (excluding diaryl/α,β-unsaturated/α-hetero) is 1. The third-order valence-electron chi connectivity index (χ3n) is 2.57. The van der Waals surface area contributed by atoms with Crippen LogP contribution in [0.2, 0.25) is 0 Å². The lowest BCUT2D eigenvalue weighted by atomic mass is 10.0. The zero-order valence-corrected chi connectivity index (χ0v) is 10.7. The van der Waals surface area contributed by atoms with Crippen LogP contribution in [0.1, 0.15) is 26.6 Å². The first-order chi connectivity index (χ1) is 8.06. The normalized spacial score (nSPS) is 10.5. The fraction of sp³-hybridized carbons (Fsp3) is 0.231. The summed E-state index contributed by atoms with van der Waals surface area (Å²) in [4.78, 5) is 16.3. The number of benzene rings is 1. The second kappa shape index (κ2) is 4.67. The van der Waals surface area contributed by atoms with Gasteiger partial charge in [-0.15, -0.1) is 11.3 Å². The lowest BCUT2D eigenvalue weighted by Gasteiger charge is -2.03. The van der Waals surface area contributed by atoms with Gasteiger partial charge in [0.05, 0.1) is 6.42 Å². The first-order valence-electron chi connectivity index (χ1n) is 5.36. The Balaban J connectivity index is 2.17. The Morgan fingerprint density at radius 3 is 2.76 bits per heavy atom. The number of carbonyl (C=O) groups excluding carboxylic acids is 1. The second-order valence-electron chi connectivity index (χ2n) is 4.05. The summed E-state index contributed by atoms with van der Waals surface area (Å²) in [6, 6.07) is 5.37. The molecule has 0 saturated carbocycles. The standard InChI is InChI=1S/C13H14N2OS/c1-8-5-10(3-4-11(8)14)12(16)6-13-15-9(2)7-17-13/h3-5,7H,6,14H2,1-2H3. The molecule has 0 aliphatic heterocycles. The average Bonchev–Trinajstić information content (AvgIpc) is 2.68. The van der Waals surface area contributed by atoms with E-state index in [4.69, 9.17) is 5.73 Å². The summed E-state index contributed by atoms with van der Waals surface area (Å²) in [5, 5.41) is 2.82. The fourth-order valence-corrected chi connectivity index (χ4v) is 2.34. The van der Waals surface area contributed by atoms with Gasteiger partial charge < -0.3 is 5.73 Å². The number of hydrogen-bond donors (Lipinski definition) is 1. The van der Waals surface area contributed by atoms with E-state index in [1.807, 2.05) is 25.3 Å². The van der Waals surface area contributed by atoms with Crippen molar-refractivity contribution in [1.29, 1.82) is 0 Å². The summed E-state index contributed by atoms with van der Waals surface area (Å²) in [7, 11) is 0. The van der Waals surface area contributed by atoms with E-state index in [1.54, 1.807) is 12.1 Å². The molecule has 0 unspecified atom stereocenters. The highest BCUT2D eigenvalue weighted by molar-refractivity contribution is 7.09. The topological polar surface area (TPSA) is 56.0 Å². The van der Waals surface area contributed by atoms with Crippen LogP contribution in [0.3, 0.4) is 0 Å². The van der Waals surface area contributed by atoms with E-state index in [1.165, 1.54) is 11.3 Å². The number of ketones is 1. The van der Waals surface area contributed by atoms with Gasteiger partial charge in [-0.05, 0) is 37.6 Å². The zero-order chi connectivity index (χ0) is 12.4. The molecule has 0 bridgehead atoms. The van der Waals surface area contributed by atoms with E-state index >= 15 is 0 Å². The van der Waals surface area contributed by atoms with Crippen LogP contribution in [0, 0.1) is 13.8 Å². The minimum absolute atomic E-state index is 0.0856. The number of anilines is 1. The van der Waals surface area contributed by atoms with Gasteiger partial charge in [0.15, 0.2) is 5.78 Å². The Morgan fingerprint density at radius 2 is 2.18 bits per heavy atom. The number of nitrogens with two attached hydrogens (primary N) is 1. The minimum Gasteiger partial charge on any atom is -0.399 e. The maximum absolute atomic E-state index is 12.0. The number of aryl methyl sites for hydroxylation is 2. The molecule has 2 N–H and O–H groups in total. The van der Waals surface area contributed by atoms with Gasteiger partial charge in [0.2, 0.25) is 0 Å². The molecule has 0 fully saturated rings. The molecular formula is C13H14N2OS. The monoisotopic (exact) mass is 246 g/mol. The van der Waals surface area contributed by atoms with Crippen LogP contribution in [0.15, 0.2) is 23.6 Å². The van der Waals surface area contributed by atoms with Crippen LogP contribution in [0.25, 0.3) is 0 Å². The van der Waals surface area contributed by atoms with E-state index in [9.17, 15) is 4.79 Å². The fourth-order valence-electron chi connectivity index (χ4n) is 1.57. The smallest absolute Gasteiger partial charge is 0.169 e. The van der Waals surface area contributed by atoms with E-state index in [-0.39, 0.29) is 5.78 Å². The molecule has 3 nitrogen and oxygen atoms in total. The van der Waals surface area contributed by atoms with Crippen molar-refractivity contribution in [3.05, 3.63) is 45.4 Å². The molecule has 2 rings (SSSR count). The van der Waals surface area contributed by atoms with Crippen LogP contribution in [0.4, 0.5) is 5.69 Å². The molecule has 0 spiro atoms. The van der Waals surface area contributed by atoms with E-state index in [0.717, 1.165) is 16.3 Å². The molecule has 0 aliphatic rings. The summed E-state index contributed by atoms with van der Waals surface area (Å²) in [6.45, 7) is 3.83. The number of aromatic nitrogens is 1. The number of rotatable bonds is 3. The maximum atomic E-state index is 12.0. The van der Waals surface area contributed by atoms with Crippen LogP contribution >= 0.6 is 11.3 Å². The Morgan fingerprint density at radius 1 is 1.41 bits per heavy atom.